The lowest BCUT2D eigenvalue weighted by Crippen LogP contribution is -2.41. The molecule has 9 nitrogen and oxygen atoms in total. The first kappa shape index (κ1) is 23.0. The van der Waals surface area contributed by atoms with E-state index < -0.39 is 5.69 Å². The number of rotatable bonds is 8. The Morgan fingerprint density at radius 3 is 2.61 bits per heavy atom. The van der Waals surface area contributed by atoms with Crippen LogP contribution in [0.15, 0.2) is 33.9 Å². The van der Waals surface area contributed by atoms with Gasteiger partial charge >= 0.3 is 5.69 Å². The smallest absolute Gasteiger partial charge is 0.333 e. The monoisotopic (exact) mass is 471 g/mol. The summed E-state index contributed by atoms with van der Waals surface area (Å²) in [7, 11) is 0. The van der Waals surface area contributed by atoms with Crippen molar-refractivity contribution in [3.63, 3.8) is 0 Å². The molecule has 3 heterocycles. The van der Waals surface area contributed by atoms with Gasteiger partial charge in [0, 0.05) is 19.6 Å². The van der Waals surface area contributed by atoms with E-state index in [-0.39, 0.29) is 23.7 Å². The highest BCUT2D eigenvalue weighted by Gasteiger charge is 2.22. The van der Waals surface area contributed by atoms with Gasteiger partial charge in [-0.15, -0.1) is 0 Å². The molecule has 33 heavy (non-hydrogen) atoms. The highest BCUT2D eigenvalue weighted by Crippen LogP contribution is 2.28. The maximum Gasteiger partial charge on any atom is 0.333 e. The molecule has 2 aromatic heterocycles. The third-order valence-electron chi connectivity index (χ3n) is 5.59. The van der Waals surface area contributed by atoms with Gasteiger partial charge in [-0.2, -0.15) is 0 Å². The Morgan fingerprint density at radius 2 is 1.88 bits per heavy atom. The number of para-hydroxylation sites is 2. The van der Waals surface area contributed by atoms with Crippen molar-refractivity contribution < 1.29 is 9.53 Å². The lowest BCUT2D eigenvalue weighted by Gasteiger charge is -2.25. The van der Waals surface area contributed by atoms with Gasteiger partial charge in [0.15, 0.2) is 10.8 Å². The van der Waals surface area contributed by atoms with Gasteiger partial charge in [0.1, 0.15) is 17.0 Å². The highest BCUT2D eigenvalue weighted by molar-refractivity contribution is 7.22. The van der Waals surface area contributed by atoms with Gasteiger partial charge in [-0.1, -0.05) is 30.4 Å². The lowest BCUT2D eigenvalue weighted by atomic mass is 10.1. The van der Waals surface area contributed by atoms with Crippen molar-refractivity contribution in [1.82, 2.24) is 14.1 Å². The molecule has 1 fully saturated rings. The van der Waals surface area contributed by atoms with Crippen LogP contribution in [0.4, 0.5) is 10.8 Å². The Labute approximate surface area is 195 Å². The molecule has 1 N–H and O–H groups in total. The van der Waals surface area contributed by atoms with E-state index in [1.54, 1.807) is 18.2 Å². The normalized spacial score (nSPS) is 13.9. The van der Waals surface area contributed by atoms with Crippen LogP contribution >= 0.6 is 11.3 Å². The zero-order valence-electron chi connectivity index (χ0n) is 19.0. The van der Waals surface area contributed by atoms with Crippen LogP contribution in [0.5, 0.6) is 5.75 Å². The number of nitrogens with one attached hydrogen (secondary N) is 1. The summed E-state index contributed by atoms with van der Waals surface area (Å²) in [6, 6.07) is 7.15. The number of thiazole rings is 1. The van der Waals surface area contributed by atoms with E-state index in [1.165, 1.54) is 26.9 Å². The molecule has 0 saturated carbocycles. The number of aromatic nitrogens is 3. The maximum absolute atomic E-state index is 13.2. The number of nitrogens with zero attached hydrogens (tertiary/aromatic N) is 4. The van der Waals surface area contributed by atoms with Gasteiger partial charge in [0.05, 0.1) is 12.3 Å². The number of carbonyl (C=O) groups excluding carboxylic acids is 1. The van der Waals surface area contributed by atoms with E-state index in [1.807, 2.05) is 19.9 Å². The molecule has 1 saturated heterocycles. The highest BCUT2D eigenvalue weighted by atomic mass is 32.1. The molecule has 0 bridgehead atoms. The number of carbonyl (C=O) groups is 1. The minimum atomic E-state index is -0.516. The van der Waals surface area contributed by atoms with Crippen LogP contribution in [0.25, 0.3) is 10.3 Å². The zero-order chi connectivity index (χ0) is 23.4. The number of hydrogen-bond donors (Lipinski definition) is 1. The van der Waals surface area contributed by atoms with Gasteiger partial charge in [0.25, 0.3) is 5.56 Å². The molecule has 0 spiro atoms. The van der Waals surface area contributed by atoms with Crippen molar-refractivity contribution >= 4 is 38.4 Å². The SMILES string of the molecule is CCCn1c(=O)c2sc(N3CCCCC3)nc2n(CC(=O)Nc2ccccc2OCC)c1=O. The van der Waals surface area contributed by atoms with Crippen LogP contribution in [0.3, 0.4) is 0 Å². The second-order valence-electron chi connectivity index (χ2n) is 8.00. The number of fused-ring (bicyclic) bond motifs is 1. The summed E-state index contributed by atoms with van der Waals surface area (Å²) in [5, 5.41) is 3.55. The second-order valence-corrected chi connectivity index (χ2v) is 8.98. The molecular weight excluding hydrogens is 442 g/mol. The average Bonchev–Trinajstić information content (AvgIpc) is 3.27. The summed E-state index contributed by atoms with van der Waals surface area (Å²) < 4.78 is 8.51. The van der Waals surface area contributed by atoms with Crippen LogP contribution in [0, 0.1) is 0 Å². The summed E-state index contributed by atoms with van der Waals surface area (Å²) in [4.78, 5) is 46.0. The number of anilines is 2. The average molecular weight is 472 g/mol. The molecule has 1 aromatic carbocycles. The fraction of sp³-hybridized carbons (Fsp3) is 0.478. The zero-order valence-corrected chi connectivity index (χ0v) is 19.8. The van der Waals surface area contributed by atoms with E-state index >= 15 is 0 Å². The summed E-state index contributed by atoms with van der Waals surface area (Å²) in [6.45, 7) is 6.04. The topological polar surface area (TPSA) is 98.5 Å². The molecule has 0 atom stereocenters. The Kier molecular flexibility index (Phi) is 7.12. The Bertz CT molecular complexity index is 1260. The van der Waals surface area contributed by atoms with E-state index in [9.17, 15) is 14.4 Å². The van der Waals surface area contributed by atoms with Crippen LogP contribution in [-0.4, -0.2) is 39.7 Å². The molecule has 0 radical (unpaired) electrons. The summed E-state index contributed by atoms with van der Waals surface area (Å²) in [6.07, 6.45) is 3.96. The van der Waals surface area contributed by atoms with Gasteiger partial charge in [0.2, 0.25) is 5.91 Å². The molecule has 0 aliphatic carbocycles. The quantitative estimate of drug-likeness (QED) is 0.542. The molecular formula is C23H29N5O4S. The minimum Gasteiger partial charge on any atom is -0.492 e. The van der Waals surface area contributed by atoms with Gasteiger partial charge in [-0.3, -0.25) is 18.7 Å². The minimum absolute atomic E-state index is 0.247. The first-order valence-electron chi connectivity index (χ1n) is 11.4. The van der Waals surface area contributed by atoms with Crippen molar-refractivity contribution in [2.24, 2.45) is 0 Å². The van der Waals surface area contributed by atoms with E-state index in [4.69, 9.17) is 4.74 Å². The van der Waals surface area contributed by atoms with Crippen molar-refractivity contribution in [3.05, 3.63) is 45.1 Å². The maximum atomic E-state index is 13.2. The predicted octanol–water partition coefficient (Wildman–Crippen LogP) is 3.06. The predicted molar refractivity (Wildman–Crippen MR) is 131 cm³/mol. The summed E-state index contributed by atoms with van der Waals surface area (Å²) >= 11 is 1.30. The van der Waals surface area contributed by atoms with E-state index in [2.05, 4.69) is 15.2 Å². The summed E-state index contributed by atoms with van der Waals surface area (Å²) in [5.41, 5.74) is -0.0481. The van der Waals surface area contributed by atoms with Crippen molar-refractivity contribution in [1.29, 1.82) is 0 Å². The first-order chi connectivity index (χ1) is 16.0. The van der Waals surface area contributed by atoms with Gasteiger partial charge < -0.3 is 15.0 Å². The number of amides is 1. The van der Waals surface area contributed by atoms with Crippen molar-refractivity contribution in [2.75, 3.05) is 29.9 Å². The molecule has 0 unspecified atom stereocenters. The Morgan fingerprint density at radius 1 is 1.12 bits per heavy atom. The largest absolute Gasteiger partial charge is 0.492 e. The van der Waals surface area contributed by atoms with Crippen molar-refractivity contribution in [3.8, 4) is 5.75 Å². The standard InChI is InChI=1S/C23H29N5O4S/c1-3-12-27-21(30)19-20(25-22(33-19)26-13-8-5-9-14-26)28(23(27)31)15-18(29)24-16-10-6-7-11-17(16)32-4-2/h6-7,10-11H,3-5,8-9,12-15H2,1-2H3,(H,24,29). The first-order valence-corrected chi connectivity index (χ1v) is 12.3. The van der Waals surface area contributed by atoms with Crippen LogP contribution in [0.1, 0.15) is 39.5 Å². The summed E-state index contributed by atoms with van der Waals surface area (Å²) in [5.74, 6) is 0.169. The molecule has 3 aromatic rings. The third-order valence-corrected chi connectivity index (χ3v) is 6.68. The van der Waals surface area contributed by atoms with E-state index in [0.717, 1.165) is 31.1 Å². The second kappa shape index (κ2) is 10.2. The molecule has 4 rings (SSSR count). The third kappa shape index (κ3) is 4.80. The molecule has 1 aliphatic rings. The molecule has 10 heteroatoms. The molecule has 1 amide bonds. The lowest BCUT2D eigenvalue weighted by molar-refractivity contribution is -0.116. The number of ether oxygens (including phenoxy) is 1. The Hall–Kier alpha value is -3.14. The van der Waals surface area contributed by atoms with Crippen molar-refractivity contribution in [2.45, 2.75) is 52.6 Å². The number of hydrogen-bond acceptors (Lipinski definition) is 7. The molecule has 176 valence electrons. The molecule has 1 aliphatic heterocycles. The van der Waals surface area contributed by atoms with E-state index in [0.29, 0.717) is 35.7 Å². The fourth-order valence-electron chi connectivity index (χ4n) is 4.04. The van der Waals surface area contributed by atoms with Crippen LogP contribution in [0.2, 0.25) is 0 Å². The van der Waals surface area contributed by atoms with Crippen LogP contribution < -0.4 is 26.2 Å². The fourth-order valence-corrected chi connectivity index (χ4v) is 5.11. The van der Waals surface area contributed by atoms with Crippen LogP contribution in [-0.2, 0) is 17.9 Å². The number of piperidine rings is 1. The number of benzene rings is 1. The van der Waals surface area contributed by atoms with Gasteiger partial charge in [-0.05, 0) is 44.7 Å². The van der Waals surface area contributed by atoms with Gasteiger partial charge in [-0.25, -0.2) is 9.78 Å². The Balaban J connectivity index is 1.72.